The fourth-order valence-electron chi connectivity index (χ4n) is 1.83. The van der Waals surface area contributed by atoms with Crippen LogP contribution in [0.3, 0.4) is 0 Å². The number of rotatable bonds is 2. The van der Waals surface area contributed by atoms with Gasteiger partial charge in [-0.25, -0.2) is 0 Å². The maximum absolute atomic E-state index is 9.78. The van der Waals surface area contributed by atoms with Crippen LogP contribution in [0.1, 0.15) is 12.0 Å². The molecule has 15 heavy (non-hydrogen) atoms. The summed E-state index contributed by atoms with van der Waals surface area (Å²) in [7, 11) is 0. The van der Waals surface area contributed by atoms with Crippen molar-refractivity contribution in [1.29, 1.82) is 0 Å². The Bertz CT molecular complexity index is 332. The van der Waals surface area contributed by atoms with Crippen LogP contribution >= 0.6 is 11.6 Å². The van der Waals surface area contributed by atoms with Gasteiger partial charge in [0, 0.05) is 24.9 Å². The van der Waals surface area contributed by atoms with Crippen LogP contribution in [0.2, 0.25) is 5.02 Å². The molecule has 1 aromatic rings. The van der Waals surface area contributed by atoms with Crippen molar-refractivity contribution in [1.82, 2.24) is 4.98 Å². The van der Waals surface area contributed by atoms with E-state index in [4.69, 9.17) is 16.3 Å². The zero-order valence-electron chi connectivity index (χ0n) is 8.40. The number of hydrogen-bond acceptors (Lipinski definition) is 3. The number of ether oxygens (including phenoxy) is 1. The Balaban J connectivity index is 2.04. The van der Waals surface area contributed by atoms with Crippen molar-refractivity contribution in [2.45, 2.75) is 18.9 Å². The molecule has 2 rings (SSSR count). The monoisotopic (exact) mass is 227 g/mol. The molecule has 2 heterocycles. The fraction of sp³-hybridized carbons (Fsp3) is 0.545. The van der Waals surface area contributed by atoms with Crippen LogP contribution in [0.15, 0.2) is 18.5 Å². The summed E-state index contributed by atoms with van der Waals surface area (Å²) in [6, 6.07) is 1.89. The van der Waals surface area contributed by atoms with Gasteiger partial charge in [-0.2, -0.15) is 0 Å². The lowest BCUT2D eigenvalue weighted by Crippen LogP contribution is -2.33. The first-order chi connectivity index (χ1) is 7.27. The van der Waals surface area contributed by atoms with Gasteiger partial charge in [-0.15, -0.1) is 0 Å². The van der Waals surface area contributed by atoms with Crippen LogP contribution in [0.25, 0.3) is 0 Å². The van der Waals surface area contributed by atoms with Crippen molar-refractivity contribution in [3.05, 3.63) is 29.0 Å². The van der Waals surface area contributed by atoms with Crippen molar-refractivity contribution in [2.24, 2.45) is 5.92 Å². The minimum atomic E-state index is -0.275. The lowest BCUT2D eigenvalue weighted by Gasteiger charge is -2.27. The van der Waals surface area contributed by atoms with E-state index in [0.717, 1.165) is 12.0 Å². The number of aromatic nitrogens is 1. The molecule has 1 fully saturated rings. The Hall–Kier alpha value is -0.640. The Morgan fingerprint density at radius 3 is 3.20 bits per heavy atom. The van der Waals surface area contributed by atoms with E-state index in [-0.39, 0.29) is 12.0 Å². The van der Waals surface area contributed by atoms with Gasteiger partial charge in [-0.05, 0) is 24.5 Å². The van der Waals surface area contributed by atoms with Crippen molar-refractivity contribution in [3.8, 4) is 0 Å². The second-order valence-electron chi connectivity index (χ2n) is 3.86. The quantitative estimate of drug-likeness (QED) is 0.836. The van der Waals surface area contributed by atoms with Crippen LogP contribution in [0, 0.1) is 5.92 Å². The van der Waals surface area contributed by atoms with E-state index in [2.05, 4.69) is 4.98 Å². The van der Waals surface area contributed by atoms with Crippen molar-refractivity contribution in [2.75, 3.05) is 13.2 Å². The number of nitrogens with zero attached hydrogens (tertiary/aromatic N) is 1. The maximum Gasteiger partial charge on any atom is 0.0621 e. The summed E-state index contributed by atoms with van der Waals surface area (Å²) < 4.78 is 5.35. The van der Waals surface area contributed by atoms with Gasteiger partial charge in [0.2, 0.25) is 0 Å². The van der Waals surface area contributed by atoms with Crippen LogP contribution in [0.4, 0.5) is 0 Å². The highest BCUT2D eigenvalue weighted by Crippen LogP contribution is 2.23. The molecular formula is C11H14ClNO2. The number of aliphatic hydroxyl groups is 1. The molecule has 0 aromatic carbocycles. The third-order valence-corrected chi connectivity index (χ3v) is 3.11. The third-order valence-electron chi connectivity index (χ3n) is 2.77. The molecule has 2 unspecified atom stereocenters. The topological polar surface area (TPSA) is 42.4 Å². The van der Waals surface area contributed by atoms with Gasteiger partial charge in [0.25, 0.3) is 0 Å². The van der Waals surface area contributed by atoms with Gasteiger partial charge >= 0.3 is 0 Å². The van der Waals surface area contributed by atoms with Crippen LogP contribution < -0.4 is 0 Å². The molecule has 0 aliphatic carbocycles. The van der Waals surface area contributed by atoms with Gasteiger partial charge in [0.05, 0.1) is 17.7 Å². The van der Waals surface area contributed by atoms with E-state index in [0.29, 0.717) is 24.7 Å². The molecule has 82 valence electrons. The fourth-order valence-corrected chi connectivity index (χ4v) is 2.03. The molecule has 1 aromatic heterocycles. The van der Waals surface area contributed by atoms with E-state index < -0.39 is 0 Å². The summed E-state index contributed by atoms with van der Waals surface area (Å²) in [4.78, 5) is 3.93. The van der Waals surface area contributed by atoms with Gasteiger partial charge < -0.3 is 9.84 Å². The second kappa shape index (κ2) is 4.92. The van der Waals surface area contributed by atoms with Gasteiger partial charge in [-0.1, -0.05) is 11.6 Å². The second-order valence-corrected chi connectivity index (χ2v) is 4.27. The minimum Gasteiger partial charge on any atom is -0.393 e. The first kappa shape index (κ1) is 10.9. The normalized spacial score (nSPS) is 26.5. The highest BCUT2D eigenvalue weighted by Gasteiger charge is 2.24. The van der Waals surface area contributed by atoms with E-state index in [1.54, 1.807) is 12.4 Å². The van der Waals surface area contributed by atoms with Crippen molar-refractivity contribution >= 4 is 11.6 Å². The minimum absolute atomic E-state index is 0.152. The van der Waals surface area contributed by atoms with Gasteiger partial charge in [0.15, 0.2) is 0 Å². The Morgan fingerprint density at radius 2 is 2.47 bits per heavy atom. The number of hydrogen-bond donors (Lipinski definition) is 1. The summed E-state index contributed by atoms with van der Waals surface area (Å²) in [5.41, 5.74) is 1.03. The molecule has 1 aliphatic rings. The van der Waals surface area contributed by atoms with E-state index in [1.165, 1.54) is 0 Å². The molecule has 1 N–H and O–H groups in total. The van der Waals surface area contributed by atoms with E-state index >= 15 is 0 Å². The predicted octanol–water partition coefficient (Wildman–Crippen LogP) is 1.67. The summed E-state index contributed by atoms with van der Waals surface area (Å²) in [5, 5.41) is 10.4. The molecule has 2 atom stereocenters. The highest BCUT2D eigenvalue weighted by molar-refractivity contribution is 6.31. The first-order valence-electron chi connectivity index (χ1n) is 5.11. The Labute approximate surface area is 94.0 Å². The van der Waals surface area contributed by atoms with Crippen molar-refractivity contribution < 1.29 is 9.84 Å². The average Bonchev–Trinajstić information content (AvgIpc) is 2.24. The maximum atomic E-state index is 9.78. The molecule has 0 spiro atoms. The average molecular weight is 228 g/mol. The van der Waals surface area contributed by atoms with Crippen molar-refractivity contribution in [3.63, 3.8) is 0 Å². The first-order valence-corrected chi connectivity index (χ1v) is 5.49. The van der Waals surface area contributed by atoms with E-state index in [1.807, 2.05) is 6.07 Å². The predicted molar refractivity (Wildman–Crippen MR) is 57.9 cm³/mol. The summed E-state index contributed by atoms with van der Waals surface area (Å²) in [6.45, 7) is 1.27. The lowest BCUT2D eigenvalue weighted by atomic mass is 9.92. The highest BCUT2D eigenvalue weighted by atomic mass is 35.5. The standard InChI is InChI=1S/C11H14ClNO2/c12-10-6-13-3-1-8(10)5-9-7-15-4-2-11(9)14/h1,3,6,9,11,14H,2,4-5,7H2. The van der Waals surface area contributed by atoms with Crippen LogP contribution in [-0.2, 0) is 11.2 Å². The number of aliphatic hydroxyl groups excluding tert-OH is 1. The van der Waals surface area contributed by atoms with Crippen LogP contribution in [-0.4, -0.2) is 29.4 Å². The Kier molecular flexibility index (Phi) is 3.57. The van der Waals surface area contributed by atoms with Gasteiger partial charge in [0.1, 0.15) is 0 Å². The zero-order chi connectivity index (χ0) is 10.7. The molecular weight excluding hydrogens is 214 g/mol. The molecule has 0 bridgehead atoms. The van der Waals surface area contributed by atoms with Crippen LogP contribution in [0.5, 0.6) is 0 Å². The summed E-state index contributed by atoms with van der Waals surface area (Å²) in [6.07, 6.45) is 4.54. The third kappa shape index (κ3) is 2.68. The lowest BCUT2D eigenvalue weighted by molar-refractivity contribution is -0.0350. The SMILES string of the molecule is OC1CCOCC1Cc1ccncc1Cl. The molecule has 3 nitrogen and oxygen atoms in total. The molecule has 0 saturated carbocycles. The molecule has 0 amide bonds. The molecule has 4 heteroatoms. The van der Waals surface area contributed by atoms with Gasteiger partial charge in [-0.3, -0.25) is 4.98 Å². The summed E-state index contributed by atoms with van der Waals surface area (Å²) >= 11 is 6.01. The summed E-state index contributed by atoms with van der Waals surface area (Å²) in [5.74, 6) is 0.152. The Morgan fingerprint density at radius 1 is 1.60 bits per heavy atom. The zero-order valence-corrected chi connectivity index (χ0v) is 9.15. The van der Waals surface area contributed by atoms with E-state index in [9.17, 15) is 5.11 Å². The largest absolute Gasteiger partial charge is 0.393 e. The molecule has 1 saturated heterocycles. The molecule has 1 aliphatic heterocycles. The molecule has 0 radical (unpaired) electrons. The number of pyridine rings is 1. The number of halogens is 1. The smallest absolute Gasteiger partial charge is 0.0621 e.